The lowest BCUT2D eigenvalue weighted by Crippen LogP contribution is -2.41. The Hall–Kier alpha value is -0.365. The van der Waals surface area contributed by atoms with Crippen LogP contribution in [-0.4, -0.2) is 29.4 Å². The summed E-state index contributed by atoms with van der Waals surface area (Å²) in [6.07, 6.45) is 0. The average molecular weight is 333 g/mol. The fraction of sp³-hybridized carbons (Fsp3) is 0.545. The lowest BCUT2D eigenvalue weighted by molar-refractivity contribution is 0.00578. The van der Waals surface area contributed by atoms with Gasteiger partial charge in [0.1, 0.15) is 4.88 Å². The van der Waals surface area contributed by atoms with E-state index in [1.807, 2.05) is 27.7 Å². The highest BCUT2D eigenvalue weighted by atomic mass is 79.9. The van der Waals surface area contributed by atoms with Crippen molar-refractivity contribution in [1.29, 1.82) is 0 Å². The van der Waals surface area contributed by atoms with Gasteiger partial charge in [-0.05, 0) is 49.7 Å². The van der Waals surface area contributed by atoms with E-state index in [-0.39, 0.29) is 4.88 Å². The van der Waals surface area contributed by atoms with Crippen LogP contribution in [0, 0.1) is 0 Å². The van der Waals surface area contributed by atoms with E-state index in [2.05, 4.69) is 15.9 Å². The first-order valence-corrected chi connectivity index (χ1v) is 7.13. The molecule has 0 saturated carbocycles. The van der Waals surface area contributed by atoms with Crippen LogP contribution in [-0.2, 0) is 9.31 Å². The summed E-state index contributed by atoms with van der Waals surface area (Å²) in [7, 11) is -0.510. The number of aromatic carboxylic acids is 1. The number of carboxylic acid groups (broad SMARTS) is 1. The molecule has 18 heavy (non-hydrogen) atoms. The highest BCUT2D eigenvalue weighted by Crippen LogP contribution is 2.37. The summed E-state index contributed by atoms with van der Waals surface area (Å²) in [4.78, 5) is 11.3. The zero-order valence-corrected chi connectivity index (χ0v) is 13.0. The van der Waals surface area contributed by atoms with Crippen LogP contribution < -0.4 is 4.78 Å². The predicted octanol–water partition coefficient (Wildman–Crippen LogP) is 2.51. The zero-order chi connectivity index (χ0) is 13.7. The number of rotatable bonds is 2. The zero-order valence-electron chi connectivity index (χ0n) is 10.6. The minimum absolute atomic E-state index is 0.264. The number of halogens is 1. The van der Waals surface area contributed by atoms with Crippen LogP contribution in [0.15, 0.2) is 10.5 Å². The highest BCUT2D eigenvalue weighted by Gasteiger charge is 2.52. The first kappa shape index (κ1) is 14.1. The standard InChI is InChI=1S/C11H14BBrO4S/c1-10(2)11(3,4)17-12(16-10)7-5-6(13)8(18-7)9(14)15/h5H,1-4H3,(H,14,15). The molecule has 0 radical (unpaired) electrons. The molecular formula is C11H14BBrO4S. The van der Waals surface area contributed by atoms with Gasteiger partial charge in [0.25, 0.3) is 0 Å². The number of thiophene rings is 1. The molecule has 0 spiro atoms. The number of hydrogen-bond acceptors (Lipinski definition) is 4. The van der Waals surface area contributed by atoms with Crippen molar-refractivity contribution >= 4 is 45.1 Å². The molecule has 1 aliphatic rings. The summed E-state index contributed by atoms with van der Waals surface area (Å²) in [6, 6.07) is 1.75. The summed E-state index contributed by atoms with van der Waals surface area (Å²) in [5.74, 6) is -0.949. The van der Waals surface area contributed by atoms with Gasteiger partial charge in [-0.15, -0.1) is 11.3 Å². The molecule has 4 nitrogen and oxygen atoms in total. The summed E-state index contributed by atoms with van der Waals surface area (Å²) < 4.78 is 13.1. The van der Waals surface area contributed by atoms with E-state index in [1.54, 1.807) is 6.07 Å². The van der Waals surface area contributed by atoms with Crippen molar-refractivity contribution in [1.82, 2.24) is 0 Å². The molecule has 1 aromatic heterocycles. The minimum atomic E-state index is -0.949. The maximum absolute atomic E-state index is 11.0. The SMILES string of the molecule is CC1(C)OB(c2cc(Br)c(C(=O)O)s2)OC1(C)C. The van der Waals surface area contributed by atoms with E-state index in [0.717, 1.165) is 4.78 Å². The maximum atomic E-state index is 11.0. The molecule has 0 unspecified atom stereocenters. The molecule has 98 valence electrons. The molecule has 0 aliphatic carbocycles. The van der Waals surface area contributed by atoms with E-state index in [1.165, 1.54) is 11.3 Å². The van der Waals surface area contributed by atoms with Crippen molar-refractivity contribution in [3.63, 3.8) is 0 Å². The van der Waals surface area contributed by atoms with Gasteiger partial charge in [0.05, 0.1) is 11.2 Å². The monoisotopic (exact) mass is 332 g/mol. The molecule has 1 aromatic rings. The Morgan fingerprint density at radius 3 is 2.22 bits per heavy atom. The molecule has 0 bridgehead atoms. The van der Waals surface area contributed by atoms with Crippen molar-refractivity contribution < 1.29 is 19.2 Å². The van der Waals surface area contributed by atoms with Crippen molar-refractivity contribution in [2.45, 2.75) is 38.9 Å². The normalized spacial score (nSPS) is 21.3. The van der Waals surface area contributed by atoms with Crippen molar-refractivity contribution in [2.24, 2.45) is 0 Å². The number of carbonyl (C=O) groups is 1. The maximum Gasteiger partial charge on any atom is 0.505 e. The fourth-order valence-corrected chi connectivity index (χ4v) is 3.27. The smallest absolute Gasteiger partial charge is 0.477 e. The van der Waals surface area contributed by atoms with Crippen LogP contribution in [0.5, 0.6) is 0 Å². The van der Waals surface area contributed by atoms with Crippen LogP contribution >= 0.6 is 27.3 Å². The Morgan fingerprint density at radius 1 is 1.33 bits per heavy atom. The summed E-state index contributed by atoms with van der Waals surface area (Å²) in [6.45, 7) is 7.86. The second-order valence-electron chi connectivity index (χ2n) is 5.22. The molecule has 1 N–H and O–H groups in total. The van der Waals surface area contributed by atoms with Gasteiger partial charge < -0.3 is 14.4 Å². The van der Waals surface area contributed by atoms with Crippen LogP contribution in [0.25, 0.3) is 0 Å². The molecular weight excluding hydrogens is 319 g/mol. The lowest BCUT2D eigenvalue weighted by Gasteiger charge is -2.32. The number of carboxylic acids is 1. The van der Waals surface area contributed by atoms with E-state index >= 15 is 0 Å². The van der Waals surface area contributed by atoms with Crippen LogP contribution in [0.3, 0.4) is 0 Å². The molecule has 0 amide bonds. The van der Waals surface area contributed by atoms with Gasteiger partial charge >= 0.3 is 13.1 Å². The van der Waals surface area contributed by atoms with Gasteiger partial charge in [0.2, 0.25) is 0 Å². The van der Waals surface area contributed by atoms with E-state index in [9.17, 15) is 4.79 Å². The van der Waals surface area contributed by atoms with Gasteiger partial charge in [-0.3, -0.25) is 0 Å². The lowest BCUT2D eigenvalue weighted by atomic mass is 9.88. The Labute approximate surface area is 119 Å². The van der Waals surface area contributed by atoms with Crippen molar-refractivity contribution in [3.8, 4) is 0 Å². The Balaban J connectivity index is 2.30. The molecule has 1 fully saturated rings. The van der Waals surface area contributed by atoms with E-state index in [4.69, 9.17) is 14.4 Å². The van der Waals surface area contributed by atoms with Gasteiger partial charge in [0.15, 0.2) is 0 Å². The Kier molecular flexibility index (Phi) is 3.38. The second-order valence-corrected chi connectivity index (χ2v) is 7.16. The van der Waals surface area contributed by atoms with Crippen molar-refractivity contribution in [2.75, 3.05) is 0 Å². The third-order valence-electron chi connectivity index (χ3n) is 3.39. The molecule has 1 aliphatic heterocycles. The predicted molar refractivity (Wildman–Crippen MR) is 74.7 cm³/mol. The highest BCUT2D eigenvalue weighted by molar-refractivity contribution is 9.10. The molecule has 0 atom stereocenters. The Morgan fingerprint density at radius 2 is 1.83 bits per heavy atom. The number of hydrogen-bond donors (Lipinski definition) is 1. The largest absolute Gasteiger partial charge is 0.505 e. The summed E-state index contributed by atoms with van der Waals surface area (Å²) in [5.41, 5.74) is -0.838. The summed E-state index contributed by atoms with van der Waals surface area (Å²) >= 11 is 4.41. The second kappa shape index (κ2) is 4.33. The molecule has 7 heteroatoms. The van der Waals surface area contributed by atoms with Crippen LogP contribution in [0.1, 0.15) is 37.4 Å². The molecule has 2 rings (SSSR count). The van der Waals surface area contributed by atoms with Gasteiger partial charge in [-0.25, -0.2) is 4.79 Å². The molecule has 0 aromatic carbocycles. The molecule has 1 saturated heterocycles. The minimum Gasteiger partial charge on any atom is -0.477 e. The third-order valence-corrected chi connectivity index (χ3v) is 5.42. The first-order chi connectivity index (χ1) is 8.14. The van der Waals surface area contributed by atoms with E-state index < -0.39 is 24.3 Å². The van der Waals surface area contributed by atoms with Gasteiger partial charge in [-0.1, -0.05) is 0 Å². The van der Waals surface area contributed by atoms with Crippen LogP contribution in [0.2, 0.25) is 0 Å². The van der Waals surface area contributed by atoms with Crippen LogP contribution in [0.4, 0.5) is 0 Å². The van der Waals surface area contributed by atoms with E-state index in [0.29, 0.717) is 4.47 Å². The Bertz CT molecular complexity index is 481. The summed E-state index contributed by atoms with van der Waals surface area (Å²) in [5, 5.41) is 9.03. The topological polar surface area (TPSA) is 55.8 Å². The first-order valence-electron chi connectivity index (χ1n) is 5.52. The average Bonchev–Trinajstić information content (AvgIpc) is 2.66. The van der Waals surface area contributed by atoms with Gasteiger partial charge in [0, 0.05) is 9.25 Å². The fourth-order valence-electron chi connectivity index (χ4n) is 1.61. The molecule has 2 heterocycles. The third kappa shape index (κ3) is 2.24. The quantitative estimate of drug-likeness (QED) is 0.845. The van der Waals surface area contributed by atoms with Gasteiger partial charge in [-0.2, -0.15) is 0 Å². The van der Waals surface area contributed by atoms with Crippen molar-refractivity contribution in [3.05, 3.63) is 15.4 Å².